The average Bonchev–Trinajstić information content (AvgIpc) is 2.25. The number of ether oxygens (including phenoxy) is 2. The van der Waals surface area contributed by atoms with Crippen molar-refractivity contribution in [2.45, 2.75) is 53.5 Å². The van der Waals surface area contributed by atoms with E-state index in [9.17, 15) is 0 Å². The number of hydrogen-bond donors (Lipinski definition) is 1. The molecule has 0 fully saturated rings. The molecule has 3 heteroatoms. The quantitative estimate of drug-likeness (QED) is 0.600. The third kappa shape index (κ3) is 9.57. The van der Waals surface area contributed by atoms with Gasteiger partial charge in [0.15, 0.2) is 0 Å². The van der Waals surface area contributed by atoms with Gasteiger partial charge in [0.1, 0.15) is 0 Å². The summed E-state index contributed by atoms with van der Waals surface area (Å²) in [5.41, 5.74) is 0.235. The second-order valence-corrected chi connectivity index (χ2v) is 5.52. The van der Waals surface area contributed by atoms with Gasteiger partial charge in [0.2, 0.25) is 0 Å². The minimum atomic E-state index is 0.235. The van der Waals surface area contributed by atoms with Crippen molar-refractivity contribution in [3.05, 3.63) is 0 Å². The predicted molar refractivity (Wildman–Crippen MR) is 73.5 cm³/mol. The van der Waals surface area contributed by atoms with Crippen LogP contribution in [0.15, 0.2) is 0 Å². The molecule has 0 aromatic heterocycles. The molecule has 0 heterocycles. The van der Waals surface area contributed by atoms with Gasteiger partial charge >= 0.3 is 0 Å². The number of unbranched alkanes of at least 4 members (excludes halogenated alkanes) is 1. The SMILES string of the molecule is CCCCOCCOCC(NCC)C(C)(C)C. The second-order valence-electron chi connectivity index (χ2n) is 5.52. The molecule has 0 radical (unpaired) electrons. The Hall–Kier alpha value is -0.120. The van der Waals surface area contributed by atoms with Crippen molar-refractivity contribution in [1.82, 2.24) is 5.32 Å². The van der Waals surface area contributed by atoms with Crippen molar-refractivity contribution in [2.24, 2.45) is 5.41 Å². The lowest BCUT2D eigenvalue weighted by atomic mass is 9.87. The maximum absolute atomic E-state index is 5.67. The molecule has 0 aromatic carbocycles. The molecule has 17 heavy (non-hydrogen) atoms. The summed E-state index contributed by atoms with van der Waals surface area (Å²) in [6.45, 7) is 15.0. The van der Waals surface area contributed by atoms with Crippen LogP contribution < -0.4 is 5.32 Å². The van der Waals surface area contributed by atoms with Crippen LogP contribution in [-0.2, 0) is 9.47 Å². The summed E-state index contributed by atoms with van der Waals surface area (Å²) in [5.74, 6) is 0. The molecular formula is C14H31NO2. The number of likely N-dealkylation sites (N-methyl/N-ethyl adjacent to an activating group) is 1. The molecule has 0 aliphatic heterocycles. The summed E-state index contributed by atoms with van der Waals surface area (Å²) in [7, 11) is 0. The van der Waals surface area contributed by atoms with E-state index in [1.165, 1.54) is 6.42 Å². The average molecular weight is 245 g/mol. The molecule has 0 amide bonds. The van der Waals surface area contributed by atoms with Gasteiger partial charge in [-0.3, -0.25) is 0 Å². The topological polar surface area (TPSA) is 30.5 Å². The highest BCUT2D eigenvalue weighted by atomic mass is 16.5. The van der Waals surface area contributed by atoms with Gasteiger partial charge in [-0.2, -0.15) is 0 Å². The highest BCUT2D eigenvalue weighted by molar-refractivity contribution is 4.79. The Morgan fingerprint density at radius 3 is 2.18 bits per heavy atom. The standard InChI is InChI=1S/C14H31NO2/c1-6-8-9-16-10-11-17-12-13(15-7-2)14(3,4)5/h13,15H,6-12H2,1-5H3. The Balaban J connectivity index is 3.55. The van der Waals surface area contributed by atoms with Gasteiger partial charge in [0, 0.05) is 12.6 Å². The van der Waals surface area contributed by atoms with Gasteiger partial charge < -0.3 is 14.8 Å². The Bertz CT molecular complexity index is 166. The monoisotopic (exact) mass is 245 g/mol. The van der Waals surface area contributed by atoms with Crippen molar-refractivity contribution in [1.29, 1.82) is 0 Å². The molecule has 0 aromatic rings. The van der Waals surface area contributed by atoms with Gasteiger partial charge in [0.25, 0.3) is 0 Å². The first-order valence-corrected chi connectivity index (χ1v) is 6.91. The van der Waals surface area contributed by atoms with Crippen molar-refractivity contribution < 1.29 is 9.47 Å². The van der Waals surface area contributed by atoms with Gasteiger partial charge in [0.05, 0.1) is 19.8 Å². The number of rotatable bonds is 10. The Kier molecular flexibility index (Phi) is 9.79. The largest absolute Gasteiger partial charge is 0.379 e. The molecule has 104 valence electrons. The van der Waals surface area contributed by atoms with Crippen molar-refractivity contribution in [3.8, 4) is 0 Å². The van der Waals surface area contributed by atoms with Crippen molar-refractivity contribution in [3.63, 3.8) is 0 Å². The van der Waals surface area contributed by atoms with Crippen LogP contribution in [0.2, 0.25) is 0 Å². The van der Waals surface area contributed by atoms with E-state index in [-0.39, 0.29) is 5.41 Å². The molecule has 0 bridgehead atoms. The molecule has 1 atom stereocenters. The predicted octanol–water partition coefficient (Wildman–Crippen LogP) is 2.84. The maximum Gasteiger partial charge on any atom is 0.0701 e. The summed E-state index contributed by atoms with van der Waals surface area (Å²) < 4.78 is 11.1. The van der Waals surface area contributed by atoms with Crippen LogP contribution in [0.5, 0.6) is 0 Å². The maximum atomic E-state index is 5.67. The zero-order valence-electron chi connectivity index (χ0n) is 12.3. The van der Waals surface area contributed by atoms with Crippen LogP contribution in [0.4, 0.5) is 0 Å². The first-order valence-electron chi connectivity index (χ1n) is 6.91. The third-order valence-corrected chi connectivity index (χ3v) is 2.79. The Morgan fingerprint density at radius 2 is 1.65 bits per heavy atom. The highest BCUT2D eigenvalue weighted by Crippen LogP contribution is 2.19. The van der Waals surface area contributed by atoms with E-state index in [4.69, 9.17) is 9.47 Å². The van der Waals surface area contributed by atoms with Crippen molar-refractivity contribution >= 4 is 0 Å². The van der Waals surface area contributed by atoms with E-state index in [0.717, 1.165) is 26.2 Å². The third-order valence-electron chi connectivity index (χ3n) is 2.79. The Morgan fingerprint density at radius 1 is 1.00 bits per heavy atom. The van der Waals surface area contributed by atoms with E-state index in [0.29, 0.717) is 19.3 Å². The fourth-order valence-corrected chi connectivity index (χ4v) is 1.53. The second kappa shape index (κ2) is 9.86. The summed E-state index contributed by atoms with van der Waals surface area (Å²) in [5, 5.41) is 3.47. The molecule has 0 spiro atoms. The lowest BCUT2D eigenvalue weighted by Crippen LogP contribution is -2.43. The molecule has 1 unspecified atom stereocenters. The van der Waals surface area contributed by atoms with E-state index < -0.39 is 0 Å². The number of nitrogens with one attached hydrogen (secondary N) is 1. The molecule has 0 saturated carbocycles. The van der Waals surface area contributed by atoms with Gasteiger partial charge in [-0.1, -0.05) is 41.0 Å². The van der Waals surface area contributed by atoms with E-state index in [1.54, 1.807) is 0 Å². The van der Waals surface area contributed by atoms with Crippen molar-refractivity contribution in [2.75, 3.05) is 33.0 Å². The fourth-order valence-electron chi connectivity index (χ4n) is 1.53. The molecular weight excluding hydrogens is 214 g/mol. The van der Waals surface area contributed by atoms with Crippen LogP contribution in [0, 0.1) is 5.41 Å². The summed E-state index contributed by atoms with van der Waals surface area (Å²) in [6.07, 6.45) is 2.33. The normalized spacial score (nSPS) is 13.9. The molecule has 3 nitrogen and oxygen atoms in total. The van der Waals surface area contributed by atoms with Gasteiger partial charge in [-0.15, -0.1) is 0 Å². The lowest BCUT2D eigenvalue weighted by molar-refractivity contribution is 0.0244. The van der Waals surface area contributed by atoms with E-state index >= 15 is 0 Å². The Labute approximate surface area is 107 Å². The van der Waals surface area contributed by atoms with Gasteiger partial charge in [-0.05, 0) is 18.4 Å². The lowest BCUT2D eigenvalue weighted by Gasteiger charge is -2.31. The van der Waals surface area contributed by atoms with Crippen LogP contribution >= 0.6 is 0 Å². The van der Waals surface area contributed by atoms with Crippen LogP contribution in [0.1, 0.15) is 47.5 Å². The molecule has 1 N–H and O–H groups in total. The first-order chi connectivity index (χ1) is 8.02. The molecule has 0 aliphatic carbocycles. The van der Waals surface area contributed by atoms with Crippen LogP contribution in [0.25, 0.3) is 0 Å². The van der Waals surface area contributed by atoms with Gasteiger partial charge in [-0.25, -0.2) is 0 Å². The summed E-state index contributed by atoms with van der Waals surface area (Å²) >= 11 is 0. The summed E-state index contributed by atoms with van der Waals surface area (Å²) in [6, 6.07) is 0.406. The van der Waals surface area contributed by atoms with Crippen LogP contribution in [-0.4, -0.2) is 39.0 Å². The zero-order chi connectivity index (χ0) is 13.1. The smallest absolute Gasteiger partial charge is 0.0701 e. The fraction of sp³-hybridized carbons (Fsp3) is 1.00. The zero-order valence-corrected chi connectivity index (χ0v) is 12.3. The van der Waals surface area contributed by atoms with E-state index in [1.807, 2.05) is 0 Å². The van der Waals surface area contributed by atoms with E-state index in [2.05, 4.69) is 39.9 Å². The summed E-state index contributed by atoms with van der Waals surface area (Å²) in [4.78, 5) is 0. The highest BCUT2D eigenvalue weighted by Gasteiger charge is 2.23. The number of hydrogen-bond acceptors (Lipinski definition) is 3. The minimum absolute atomic E-state index is 0.235. The first kappa shape index (κ1) is 16.9. The molecule has 0 aliphatic rings. The van der Waals surface area contributed by atoms with Crippen LogP contribution in [0.3, 0.4) is 0 Å². The minimum Gasteiger partial charge on any atom is -0.379 e. The molecule has 0 saturated heterocycles. The molecule has 0 rings (SSSR count).